The summed E-state index contributed by atoms with van der Waals surface area (Å²) in [5.74, 6) is 0. The van der Waals surface area contributed by atoms with E-state index in [1.165, 1.54) is 4.88 Å². The number of aromatic nitrogens is 2. The van der Waals surface area contributed by atoms with Crippen molar-refractivity contribution < 1.29 is 0 Å². The Hall–Kier alpha value is -1.37. The van der Waals surface area contributed by atoms with Gasteiger partial charge < -0.3 is 5.32 Å². The maximum Gasteiger partial charge on any atom is 0.328 e. The lowest BCUT2D eigenvalue weighted by Crippen LogP contribution is -2.19. The summed E-state index contributed by atoms with van der Waals surface area (Å²) in [6.07, 6.45) is 0. The van der Waals surface area contributed by atoms with E-state index in [9.17, 15) is 4.79 Å². The molecular weight excluding hydrogens is 350 g/mol. The van der Waals surface area contributed by atoms with E-state index in [0.717, 1.165) is 20.4 Å². The second-order valence-corrected chi connectivity index (χ2v) is 7.51. The van der Waals surface area contributed by atoms with Crippen molar-refractivity contribution in [2.45, 2.75) is 6.04 Å². The van der Waals surface area contributed by atoms with Crippen LogP contribution < -0.4 is 11.0 Å². The van der Waals surface area contributed by atoms with Gasteiger partial charge in [-0.15, -0.1) is 11.3 Å². The van der Waals surface area contributed by atoms with Crippen LogP contribution in [0.2, 0.25) is 0 Å². The van der Waals surface area contributed by atoms with Crippen molar-refractivity contribution in [3.8, 4) is 0 Å². The molecule has 3 rings (SSSR count). The first-order valence-corrected chi connectivity index (χ1v) is 8.21. The van der Waals surface area contributed by atoms with Gasteiger partial charge in [0.25, 0.3) is 0 Å². The number of nitrogens with one attached hydrogen (secondary N) is 1. The van der Waals surface area contributed by atoms with Crippen LogP contribution in [0, 0.1) is 0 Å². The summed E-state index contributed by atoms with van der Waals surface area (Å²) >= 11 is 5.22. The number of thiophene rings is 1. The SMILES string of the molecule is CNC(c1ccc2c(c1)n(C)c(=O)n2C)c1ccc(Br)s1. The Morgan fingerprint density at radius 1 is 1.14 bits per heavy atom. The van der Waals surface area contributed by atoms with E-state index in [-0.39, 0.29) is 11.7 Å². The van der Waals surface area contributed by atoms with Gasteiger partial charge in [0, 0.05) is 19.0 Å². The molecule has 0 aliphatic heterocycles. The fourth-order valence-electron chi connectivity index (χ4n) is 2.66. The molecule has 3 aromatic rings. The van der Waals surface area contributed by atoms with Crippen molar-refractivity contribution in [2.75, 3.05) is 7.05 Å². The standard InChI is InChI=1S/C15H16BrN3OS/c1-17-14(12-6-7-13(16)21-12)9-4-5-10-11(8-9)19(3)15(20)18(10)2/h4-8,14,17H,1-3H3. The van der Waals surface area contributed by atoms with Gasteiger partial charge in [0.15, 0.2) is 0 Å². The second-order valence-electron chi connectivity index (χ2n) is 5.01. The van der Waals surface area contributed by atoms with E-state index in [0.29, 0.717) is 0 Å². The van der Waals surface area contributed by atoms with Crippen molar-refractivity contribution in [3.63, 3.8) is 0 Å². The van der Waals surface area contributed by atoms with Crippen LogP contribution in [0.4, 0.5) is 0 Å². The Kier molecular flexibility index (Phi) is 3.77. The highest BCUT2D eigenvalue weighted by atomic mass is 79.9. The molecule has 0 saturated heterocycles. The highest BCUT2D eigenvalue weighted by Crippen LogP contribution is 2.32. The van der Waals surface area contributed by atoms with E-state index in [4.69, 9.17) is 0 Å². The highest BCUT2D eigenvalue weighted by molar-refractivity contribution is 9.11. The quantitative estimate of drug-likeness (QED) is 0.774. The highest BCUT2D eigenvalue weighted by Gasteiger charge is 2.16. The lowest BCUT2D eigenvalue weighted by molar-refractivity contribution is 0.704. The third kappa shape index (κ3) is 2.37. The summed E-state index contributed by atoms with van der Waals surface area (Å²) in [4.78, 5) is 13.3. The zero-order valence-electron chi connectivity index (χ0n) is 12.1. The van der Waals surface area contributed by atoms with Gasteiger partial charge in [-0.1, -0.05) is 6.07 Å². The Morgan fingerprint density at radius 3 is 2.48 bits per heavy atom. The smallest absolute Gasteiger partial charge is 0.309 e. The average Bonchev–Trinajstić information content (AvgIpc) is 2.99. The fraction of sp³-hybridized carbons (Fsp3) is 0.267. The summed E-state index contributed by atoms with van der Waals surface area (Å²) in [5, 5.41) is 3.35. The molecule has 0 radical (unpaired) electrons. The Balaban J connectivity index is 2.15. The molecule has 0 aliphatic carbocycles. The summed E-state index contributed by atoms with van der Waals surface area (Å²) < 4.78 is 4.48. The van der Waals surface area contributed by atoms with Crippen LogP contribution in [-0.2, 0) is 14.1 Å². The van der Waals surface area contributed by atoms with Crippen molar-refractivity contribution in [1.29, 1.82) is 0 Å². The minimum absolute atomic E-state index is 0.00188. The van der Waals surface area contributed by atoms with E-state index in [1.54, 1.807) is 27.5 Å². The van der Waals surface area contributed by atoms with Gasteiger partial charge in [-0.25, -0.2) is 4.79 Å². The van der Waals surface area contributed by atoms with Crippen LogP contribution in [0.5, 0.6) is 0 Å². The maximum absolute atomic E-state index is 12.0. The minimum atomic E-state index is 0.00188. The average molecular weight is 366 g/mol. The first-order chi connectivity index (χ1) is 10.0. The molecule has 1 N–H and O–H groups in total. The summed E-state index contributed by atoms with van der Waals surface area (Å²) in [7, 11) is 5.56. The molecule has 0 amide bonds. The third-order valence-corrected chi connectivity index (χ3v) is 5.49. The number of nitrogens with zero attached hydrogens (tertiary/aromatic N) is 2. The van der Waals surface area contributed by atoms with Crippen LogP contribution in [0.1, 0.15) is 16.5 Å². The first-order valence-electron chi connectivity index (χ1n) is 6.60. The lowest BCUT2D eigenvalue weighted by Gasteiger charge is -2.15. The minimum Gasteiger partial charge on any atom is -0.309 e. The van der Waals surface area contributed by atoms with Gasteiger partial charge in [-0.05, 0) is 52.8 Å². The largest absolute Gasteiger partial charge is 0.328 e. The van der Waals surface area contributed by atoms with E-state index >= 15 is 0 Å². The van der Waals surface area contributed by atoms with Gasteiger partial charge in [0.2, 0.25) is 0 Å². The Labute approximate surface area is 135 Å². The number of aryl methyl sites for hydroxylation is 2. The van der Waals surface area contributed by atoms with Crippen molar-refractivity contribution in [3.05, 3.63) is 55.0 Å². The summed E-state index contributed by atoms with van der Waals surface area (Å²) in [5.41, 5.74) is 3.06. The molecule has 2 aromatic heterocycles. The van der Waals surface area contributed by atoms with Crippen LogP contribution in [0.3, 0.4) is 0 Å². The number of benzene rings is 1. The monoisotopic (exact) mass is 365 g/mol. The molecule has 0 spiro atoms. The second kappa shape index (κ2) is 5.44. The molecular formula is C15H16BrN3OS. The molecule has 1 aromatic carbocycles. The third-order valence-electron chi connectivity index (χ3n) is 3.80. The van der Waals surface area contributed by atoms with Gasteiger partial charge in [-0.2, -0.15) is 0 Å². The van der Waals surface area contributed by atoms with E-state index < -0.39 is 0 Å². The molecule has 110 valence electrons. The van der Waals surface area contributed by atoms with E-state index in [1.807, 2.05) is 20.2 Å². The molecule has 1 atom stereocenters. The van der Waals surface area contributed by atoms with Crippen molar-refractivity contribution in [2.24, 2.45) is 14.1 Å². The summed E-state index contributed by atoms with van der Waals surface area (Å²) in [6, 6.07) is 10.5. The van der Waals surface area contributed by atoms with Crippen LogP contribution in [-0.4, -0.2) is 16.2 Å². The molecule has 4 nitrogen and oxygen atoms in total. The molecule has 0 aliphatic rings. The zero-order valence-corrected chi connectivity index (χ0v) is 14.5. The zero-order chi connectivity index (χ0) is 15.1. The molecule has 0 bridgehead atoms. The van der Waals surface area contributed by atoms with Crippen molar-refractivity contribution in [1.82, 2.24) is 14.5 Å². The fourth-order valence-corrected chi connectivity index (χ4v) is 4.22. The number of rotatable bonds is 3. The number of hydrogen-bond donors (Lipinski definition) is 1. The number of imidazole rings is 1. The molecule has 21 heavy (non-hydrogen) atoms. The van der Waals surface area contributed by atoms with Gasteiger partial charge in [0.1, 0.15) is 0 Å². The predicted octanol–water partition coefficient (Wildman–Crippen LogP) is 3.01. The molecule has 2 heterocycles. The Morgan fingerprint density at radius 2 is 1.86 bits per heavy atom. The van der Waals surface area contributed by atoms with Gasteiger partial charge in [0.05, 0.1) is 20.9 Å². The normalized spacial score (nSPS) is 13.0. The van der Waals surface area contributed by atoms with Crippen LogP contribution in [0.25, 0.3) is 11.0 Å². The molecule has 0 saturated carbocycles. The number of fused-ring (bicyclic) bond motifs is 1. The molecule has 0 fully saturated rings. The Bertz CT molecular complexity index is 862. The van der Waals surface area contributed by atoms with Gasteiger partial charge >= 0.3 is 5.69 Å². The maximum atomic E-state index is 12.0. The number of hydrogen-bond acceptors (Lipinski definition) is 3. The lowest BCUT2D eigenvalue weighted by atomic mass is 10.0. The van der Waals surface area contributed by atoms with Crippen LogP contribution >= 0.6 is 27.3 Å². The van der Waals surface area contributed by atoms with Crippen LogP contribution in [0.15, 0.2) is 38.9 Å². The first kappa shape index (κ1) is 14.6. The van der Waals surface area contributed by atoms with E-state index in [2.05, 4.69) is 45.5 Å². The molecule has 6 heteroatoms. The topological polar surface area (TPSA) is 39.0 Å². The van der Waals surface area contributed by atoms with Gasteiger partial charge in [-0.3, -0.25) is 9.13 Å². The van der Waals surface area contributed by atoms with Crippen molar-refractivity contribution >= 4 is 38.3 Å². The predicted molar refractivity (Wildman–Crippen MR) is 91.1 cm³/mol. The molecule has 1 unspecified atom stereocenters. The summed E-state index contributed by atoms with van der Waals surface area (Å²) in [6.45, 7) is 0. The number of halogens is 1.